The minimum absolute atomic E-state index is 0.00726. The lowest BCUT2D eigenvalue weighted by Crippen LogP contribution is -2.21. The Kier molecular flexibility index (Phi) is 8.27. The fourth-order valence-corrected chi connectivity index (χ4v) is 3.67. The molecule has 0 aliphatic carbocycles. The fraction of sp³-hybridized carbons (Fsp3) is 0.111. The first-order valence-corrected chi connectivity index (χ1v) is 12.2. The average molecular weight is 577 g/mol. The molecule has 0 bridgehead atoms. The molecular weight excluding hydrogens is 554 g/mol. The van der Waals surface area contributed by atoms with Gasteiger partial charge in [0.05, 0.1) is 13.3 Å². The zero-order valence-electron chi connectivity index (χ0n) is 21.9. The van der Waals surface area contributed by atoms with Crippen LogP contribution in [0.15, 0.2) is 76.5 Å². The number of halogens is 2. The van der Waals surface area contributed by atoms with Crippen molar-refractivity contribution >= 4 is 17.9 Å². The van der Waals surface area contributed by atoms with E-state index in [4.69, 9.17) is 19.9 Å². The largest absolute Gasteiger partial charge is 0.493 e. The van der Waals surface area contributed by atoms with E-state index in [1.54, 1.807) is 36.4 Å². The molecule has 2 heterocycles. The lowest BCUT2D eigenvalue weighted by atomic mass is 10.2. The summed E-state index contributed by atoms with van der Waals surface area (Å²) in [5.41, 5.74) is 9.12. The molecule has 13 nitrogen and oxygen atoms in total. The molecule has 0 saturated carbocycles. The quantitative estimate of drug-likeness (QED) is 0.176. The molecule has 0 spiro atoms. The molecule has 0 radical (unpaired) electrons. The Hall–Kier alpha value is -5.86. The number of benzene rings is 3. The maximum absolute atomic E-state index is 13.9. The van der Waals surface area contributed by atoms with Gasteiger partial charge in [0.2, 0.25) is 11.6 Å². The highest BCUT2D eigenvalue weighted by atomic mass is 19.1. The van der Waals surface area contributed by atoms with Crippen molar-refractivity contribution in [3.63, 3.8) is 0 Å². The zero-order chi connectivity index (χ0) is 29.5. The molecule has 0 unspecified atom stereocenters. The van der Waals surface area contributed by atoms with E-state index in [-0.39, 0.29) is 42.1 Å². The Balaban J connectivity index is 1.29. The van der Waals surface area contributed by atoms with E-state index in [1.807, 2.05) is 0 Å². The Morgan fingerprint density at radius 3 is 2.60 bits per heavy atom. The topological polar surface area (TPSA) is 165 Å². The minimum atomic E-state index is -0.720. The number of nitrogen functional groups attached to an aromatic ring is 1. The highest BCUT2D eigenvalue weighted by Gasteiger charge is 2.24. The third-order valence-corrected chi connectivity index (χ3v) is 5.77. The molecule has 5 aromatic rings. The van der Waals surface area contributed by atoms with Gasteiger partial charge in [-0.2, -0.15) is 9.78 Å². The number of hydrogen-bond donors (Lipinski definition) is 2. The van der Waals surface area contributed by atoms with Crippen LogP contribution in [0.5, 0.6) is 17.2 Å². The van der Waals surface area contributed by atoms with Crippen LogP contribution in [0.2, 0.25) is 0 Å². The monoisotopic (exact) mass is 576 g/mol. The molecule has 0 aliphatic heterocycles. The first kappa shape index (κ1) is 27.7. The molecule has 0 saturated heterocycles. The van der Waals surface area contributed by atoms with Crippen LogP contribution in [-0.4, -0.2) is 44.5 Å². The lowest BCUT2D eigenvalue weighted by molar-refractivity contribution is 0.0947. The van der Waals surface area contributed by atoms with Crippen molar-refractivity contribution in [2.24, 2.45) is 5.10 Å². The first-order chi connectivity index (χ1) is 20.4. The van der Waals surface area contributed by atoms with Gasteiger partial charge in [-0.15, -0.1) is 5.10 Å². The van der Waals surface area contributed by atoms with E-state index >= 15 is 0 Å². The number of carbonyl (C=O) groups excluding carboxylic acids is 1. The van der Waals surface area contributed by atoms with E-state index in [2.05, 4.69) is 35.8 Å². The lowest BCUT2D eigenvalue weighted by Gasteiger charge is -2.11. The number of hydrogen-bond acceptors (Lipinski definition) is 11. The predicted octanol–water partition coefficient (Wildman–Crippen LogP) is 3.44. The molecule has 15 heteroatoms. The smallest absolute Gasteiger partial charge is 0.293 e. The van der Waals surface area contributed by atoms with Gasteiger partial charge in [-0.25, -0.2) is 18.8 Å². The first-order valence-electron chi connectivity index (χ1n) is 12.2. The van der Waals surface area contributed by atoms with E-state index < -0.39 is 11.7 Å². The molecule has 0 aliphatic rings. The number of anilines is 1. The molecule has 214 valence electrons. The van der Waals surface area contributed by atoms with Crippen LogP contribution in [0.4, 0.5) is 14.6 Å². The third-order valence-electron chi connectivity index (χ3n) is 5.77. The normalized spacial score (nSPS) is 11.0. The van der Waals surface area contributed by atoms with Gasteiger partial charge < -0.3 is 19.9 Å². The summed E-state index contributed by atoms with van der Waals surface area (Å²) in [5, 5.41) is 19.0. The Labute approximate surface area is 236 Å². The van der Waals surface area contributed by atoms with E-state index in [9.17, 15) is 13.6 Å². The maximum Gasteiger partial charge on any atom is 0.293 e. The van der Waals surface area contributed by atoms with Gasteiger partial charge in [0.15, 0.2) is 17.2 Å². The van der Waals surface area contributed by atoms with Crippen LogP contribution in [0, 0.1) is 11.6 Å². The predicted molar refractivity (Wildman–Crippen MR) is 143 cm³/mol. The summed E-state index contributed by atoms with van der Waals surface area (Å²) in [5.74, 6) is -0.528. The number of aromatic nitrogens is 5. The van der Waals surface area contributed by atoms with Gasteiger partial charge >= 0.3 is 0 Å². The number of hydrazone groups is 1. The summed E-state index contributed by atoms with van der Waals surface area (Å²) in [4.78, 5) is 13.0. The molecule has 0 fully saturated rings. The Morgan fingerprint density at radius 2 is 1.86 bits per heavy atom. The number of nitrogens with one attached hydrogen (secondary N) is 1. The van der Waals surface area contributed by atoms with Crippen molar-refractivity contribution < 1.29 is 32.4 Å². The van der Waals surface area contributed by atoms with Crippen molar-refractivity contribution in [2.45, 2.75) is 13.2 Å². The third kappa shape index (κ3) is 6.30. The van der Waals surface area contributed by atoms with Crippen LogP contribution in [0.1, 0.15) is 27.3 Å². The van der Waals surface area contributed by atoms with E-state index in [0.29, 0.717) is 28.4 Å². The average Bonchev–Trinajstić information content (AvgIpc) is 3.62. The van der Waals surface area contributed by atoms with Gasteiger partial charge in [0.25, 0.3) is 5.91 Å². The summed E-state index contributed by atoms with van der Waals surface area (Å²) >= 11 is 0. The van der Waals surface area contributed by atoms with Crippen molar-refractivity contribution in [2.75, 3.05) is 12.8 Å². The van der Waals surface area contributed by atoms with E-state index in [0.717, 1.165) is 4.68 Å². The highest BCUT2D eigenvalue weighted by molar-refractivity contribution is 5.94. The molecule has 5 rings (SSSR count). The number of nitrogens with zero attached hydrogens (tertiary/aromatic N) is 6. The van der Waals surface area contributed by atoms with Gasteiger partial charge in [-0.1, -0.05) is 23.4 Å². The van der Waals surface area contributed by atoms with Crippen LogP contribution in [0.25, 0.3) is 5.82 Å². The second kappa shape index (κ2) is 12.5. The minimum Gasteiger partial charge on any atom is -0.493 e. The summed E-state index contributed by atoms with van der Waals surface area (Å²) in [6.07, 6.45) is 1.37. The van der Waals surface area contributed by atoms with Gasteiger partial charge in [-0.3, -0.25) is 4.79 Å². The zero-order valence-corrected chi connectivity index (χ0v) is 21.9. The number of carbonyl (C=O) groups is 1. The van der Waals surface area contributed by atoms with Gasteiger partial charge in [0, 0.05) is 5.56 Å². The summed E-state index contributed by atoms with van der Waals surface area (Å²) in [6.45, 7) is -0.209. The number of nitrogens with two attached hydrogens (primary N) is 1. The summed E-state index contributed by atoms with van der Waals surface area (Å²) in [7, 11) is 1.46. The van der Waals surface area contributed by atoms with Crippen LogP contribution < -0.4 is 25.4 Å². The summed E-state index contributed by atoms with van der Waals surface area (Å²) < 4.78 is 49.7. The number of amides is 1. The molecule has 1 amide bonds. The Bertz CT molecular complexity index is 1720. The van der Waals surface area contributed by atoms with Crippen LogP contribution >= 0.6 is 0 Å². The number of rotatable bonds is 11. The van der Waals surface area contributed by atoms with Crippen molar-refractivity contribution in [1.82, 2.24) is 30.7 Å². The standard InChI is InChI=1S/C27H22F2N8O5/c1-39-23-12-16(6-11-22(23)41-14-17-4-2-3-5-20(17)29)13-31-33-27(38)24-21(15-40-19-9-7-18(28)8-10-19)37(36-32-24)26-25(30)34-42-35-26/h2-13H,14-15H2,1H3,(H2,30,34)(H,33,38)/b31-13+. The molecule has 42 heavy (non-hydrogen) atoms. The SMILES string of the molecule is COc1cc(/C=N/NC(=O)c2nnn(-c3nonc3N)c2COc2ccc(F)cc2)ccc1OCc1ccccc1F. The fourth-order valence-electron chi connectivity index (χ4n) is 3.67. The highest BCUT2D eigenvalue weighted by Crippen LogP contribution is 2.28. The van der Waals surface area contributed by atoms with E-state index in [1.165, 1.54) is 43.7 Å². The second-order valence-electron chi connectivity index (χ2n) is 8.50. The molecule has 0 atom stereocenters. The number of methoxy groups -OCH3 is 1. The summed E-state index contributed by atoms with van der Waals surface area (Å²) in [6, 6.07) is 16.5. The van der Waals surface area contributed by atoms with Gasteiger partial charge in [-0.05, 0) is 64.4 Å². The molecular formula is C27H22F2N8O5. The van der Waals surface area contributed by atoms with Crippen molar-refractivity contribution in [3.05, 3.63) is 101 Å². The molecule has 3 N–H and O–H groups in total. The number of ether oxygens (including phenoxy) is 3. The van der Waals surface area contributed by atoms with Gasteiger partial charge in [0.1, 0.15) is 36.3 Å². The van der Waals surface area contributed by atoms with Crippen molar-refractivity contribution in [1.29, 1.82) is 0 Å². The maximum atomic E-state index is 13.9. The molecule has 3 aromatic carbocycles. The molecule has 2 aromatic heterocycles. The second-order valence-corrected chi connectivity index (χ2v) is 8.50. The van der Waals surface area contributed by atoms with Crippen LogP contribution in [-0.2, 0) is 13.2 Å². The van der Waals surface area contributed by atoms with Crippen LogP contribution in [0.3, 0.4) is 0 Å². The van der Waals surface area contributed by atoms with Crippen molar-refractivity contribution in [3.8, 4) is 23.1 Å². The Morgan fingerprint density at radius 1 is 1.05 bits per heavy atom.